The van der Waals surface area contributed by atoms with E-state index in [1.54, 1.807) is 0 Å². The molecular formula is C6H11N. The normalized spacial score (nSPS) is 6.71. The first-order valence-corrected chi connectivity index (χ1v) is 2.31. The molecule has 7 heavy (non-hydrogen) atoms. The Morgan fingerprint density at radius 2 is 2.00 bits per heavy atom. The Morgan fingerprint density at radius 3 is 2.14 bits per heavy atom. The quantitative estimate of drug-likeness (QED) is 0.445. The summed E-state index contributed by atoms with van der Waals surface area (Å²) in [7, 11) is 3.94. The zero-order valence-electron chi connectivity index (χ0n) is 5.10. The Hall–Kier alpha value is -0.680. The number of allylic oxidation sites excluding steroid dienone is 1. The molecule has 0 fully saturated rings. The van der Waals surface area contributed by atoms with E-state index in [9.17, 15) is 0 Å². The molecule has 40 valence electrons. The zero-order valence-corrected chi connectivity index (χ0v) is 5.10. The first kappa shape index (κ1) is 6.32. The lowest BCUT2D eigenvalue weighted by molar-refractivity contribution is 0.565. The average molecular weight is 97.2 g/mol. The summed E-state index contributed by atoms with van der Waals surface area (Å²) in [4.78, 5) is 1.94. The Labute approximate surface area is 44.9 Å². The van der Waals surface area contributed by atoms with Gasteiger partial charge < -0.3 is 4.90 Å². The molecule has 0 aliphatic rings. The molecule has 0 atom stereocenters. The van der Waals surface area contributed by atoms with Crippen LogP contribution in [0.1, 0.15) is 6.92 Å². The molecule has 0 bridgehead atoms. The van der Waals surface area contributed by atoms with Gasteiger partial charge in [-0.1, -0.05) is 0 Å². The Morgan fingerprint density at radius 1 is 1.43 bits per heavy atom. The van der Waals surface area contributed by atoms with Gasteiger partial charge in [-0.2, -0.15) is 0 Å². The van der Waals surface area contributed by atoms with Crippen LogP contribution >= 0.6 is 0 Å². The minimum absolute atomic E-state index is 1.88. The summed E-state index contributed by atoms with van der Waals surface area (Å²) < 4.78 is 0. The second-order valence-electron chi connectivity index (χ2n) is 1.55. The summed E-state index contributed by atoms with van der Waals surface area (Å²) in [6.45, 7) is 1.94. The first-order chi connectivity index (χ1) is 3.27. The summed E-state index contributed by atoms with van der Waals surface area (Å²) in [5, 5.41) is 0. The molecule has 0 aliphatic heterocycles. The highest BCUT2D eigenvalue weighted by molar-refractivity contribution is 4.78. The monoisotopic (exact) mass is 97.1 g/mol. The van der Waals surface area contributed by atoms with Gasteiger partial charge in [0.05, 0.1) is 0 Å². The van der Waals surface area contributed by atoms with Gasteiger partial charge in [0.15, 0.2) is 0 Å². The van der Waals surface area contributed by atoms with Gasteiger partial charge in [-0.05, 0) is 13.0 Å². The third kappa shape index (κ3) is 5.32. The molecule has 0 aromatic rings. The highest BCUT2D eigenvalue weighted by Crippen LogP contribution is 1.70. The predicted molar refractivity (Wildman–Crippen MR) is 32.0 cm³/mol. The Balaban J connectivity index is 3.46. The van der Waals surface area contributed by atoms with E-state index in [1.807, 2.05) is 38.2 Å². The topological polar surface area (TPSA) is 3.24 Å². The third-order valence-corrected chi connectivity index (χ3v) is 0.499. The van der Waals surface area contributed by atoms with Gasteiger partial charge in [0, 0.05) is 20.3 Å². The molecule has 0 unspecified atom stereocenters. The second-order valence-corrected chi connectivity index (χ2v) is 1.55. The maximum absolute atomic E-state index is 2.92. The van der Waals surface area contributed by atoms with Crippen LogP contribution in [0.25, 0.3) is 0 Å². The van der Waals surface area contributed by atoms with Crippen LogP contribution in [0.3, 0.4) is 0 Å². The molecule has 1 nitrogen and oxygen atoms in total. The molecule has 1 heteroatoms. The van der Waals surface area contributed by atoms with Crippen molar-refractivity contribution in [3.8, 4) is 0 Å². The minimum Gasteiger partial charge on any atom is -0.377 e. The van der Waals surface area contributed by atoms with Crippen molar-refractivity contribution < 1.29 is 0 Å². The Bertz CT molecular complexity index is 86.4. The van der Waals surface area contributed by atoms with Crippen LogP contribution in [0.4, 0.5) is 0 Å². The van der Waals surface area contributed by atoms with Gasteiger partial charge in [0.1, 0.15) is 0 Å². The molecule has 0 aromatic carbocycles. The van der Waals surface area contributed by atoms with Crippen molar-refractivity contribution in [3.05, 3.63) is 18.0 Å². The minimum atomic E-state index is 1.88. The van der Waals surface area contributed by atoms with Gasteiger partial charge in [-0.3, -0.25) is 0 Å². The molecule has 0 heterocycles. The van der Waals surface area contributed by atoms with E-state index in [-0.39, 0.29) is 0 Å². The fraction of sp³-hybridized carbons (Fsp3) is 0.500. The van der Waals surface area contributed by atoms with Gasteiger partial charge in [0.2, 0.25) is 0 Å². The lowest BCUT2D eigenvalue weighted by atomic mass is 10.6. The van der Waals surface area contributed by atoms with Crippen LogP contribution in [0, 0.1) is 0 Å². The highest BCUT2D eigenvalue weighted by Gasteiger charge is 1.65. The van der Waals surface area contributed by atoms with Crippen molar-refractivity contribution in [3.63, 3.8) is 0 Å². The molecule has 0 N–H and O–H groups in total. The van der Waals surface area contributed by atoms with Crippen molar-refractivity contribution in [2.24, 2.45) is 0 Å². The second kappa shape index (κ2) is 3.51. The highest BCUT2D eigenvalue weighted by atomic mass is 15.0. The van der Waals surface area contributed by atoms with E-state index < -0.39 is 0 Å². The van der Waals surface area contributed by atoms with Crippen LogP contribution in [0.15, 0.2) is 18.0 Å². The lowest BCUT2D eigenvalue weighted by Gasteiger charge is -1.98. The fourth-order valence-corrected chi connectivity index (χ4v) is 0.224. The maximum atomic E-state index is 2.92. The van der Waals surface area contributed by atoms with Gasteiger partial charge in [0.25, 0.3) is 0 Å². The van der Waals surface area contributed by atoms with Crippen molar-refractivity contribution >= 4 is 0 Å². The smallest absolute Gasteiger partial charge is 0.0415 e. The van der Waals surface area contributed by atoms with E-state index in [0.717, 1.165) is 0 Å². The fourth-order valence-electron chi connectivity index (χ4n) is 0.224. The van der Waals surface area contributed by atoms with Crippen molar-refractivity contribution in [1.82, 2.24) is 4.90 Å². The zero-order chi connectivity index (χ0) is 5.70. The van der Waals surface area contributed by atoms with E-state index in [1.165, 1.54) is 0 Å². The van der Waals surface area contributed by atoms with Gasteiger partial charge in [-0.25, -0.2) is 0 Å². The summed E-state index contributed by atoms with van der Waals surface area (Å²) in [5.74, 6) is 0. The molecule has 0 saturated carbocycles. The Kier molecular flexibility index (Phi) is 3.17. The lowest BCUT2D eigenvalue weighted by Crippen LogP contribution is -1.98. The summed E-state index contributed by atoms with van der Waals surface area (Å²) in [5.41, 5.74) is 2.92. The van der Waals surface area contributed by atoms with Gasteiger partial charge >= 0.3 is 0 Å². The molecule has 0 saturated heterocycles. The van der Waals surface area contributed by atoms with E-state index in [4.69, 9.17) is 0 Å². The predicted octanol–water partition coefficient (Wildman–Crippen LogP) is 1.24. The molecule has 0 aromatic heterocycles. The molecular weight excluding hydrogens is 86.1 g/mol. The molecule has 0 radical (unpaired) electrons. The largest absolute Gasteiger partial charge is 0.377 e. The summed E-state index contributed by atoms with van der Waals surface area (Å²) in [6.07, 6.45) is 3.75. The molecule has 0 amide bonds. The molecule has 0 rings (SSSR count). The molecule has 0 spiro atoms. The van der Waals surface area contributed by atoms with Crippen LogP contribution in [-0.2, 0) is 0 Å². The number of rotatable bonds is 1. The van der Waals surface area contributed by atoms with E-state index in [2.05, 4.69) is 5.73 Å². The van der Waals surface area contributed by atoms with Gasteiger partial charge in [-0.15, -0.1) is 5.73 Å². The maximum Gasteiger partial charge on any atom is 0.0415 e. The van der Waals surface area contributed by atoms with E-state index >= 15 is 0 Å². The molecule has 0 aliphatic carbocycles. The average Bonchev–Trinajstić information content (AvgIpc) is 1.61. The number of hydrogen-bond donors (Lipinski definition) is 0. The standard InChI is InChI=1S/C6H11N/c1-4-5-6-7(2)3/h4,6H,1-3H3. The third-order valence-electron chi connectivity index (χ3n) is 0.499. The summed E-state index contributed by atoms with van der Waals surface area (Å²) >= 11 is 0. The van der Waals surface area contributed by atoms with Crippen LogP contribution in [0.5, 0.6) is 0 Å². The number of nitrogens with zero attached hydrogens (tertiary/aromatic N) is 1. The first-order valence-electron chi connectivity index (χ1n) is 2.31. The van der Waals surface area contributed by atoms with Crippen molar-refractivity contribution in [1.29, 1.82) is 0 Å². The summed E-state index contributed by atoms with van der Waals surface area (Å²) in [6, 6.07) is 0. The van der Waals surface area contributed by atoms with Crippen molar-refractivity contribution in [2.45, 2.75) is 6.92 Å². The SMILES string of the molecule is CC=C=CN(C)C. The van der Waals surface area contributed by atoms with Crippen LogP contribution in [-0.4, -0.2) is 19.0 Å². The van der Waals surface area contributed by atoms with E-state index in [0.29, 0.717) is 0 Å². The van der Waals surface area contributed by atoms with Crippen molar-refractivity contribution in [2.75, 3.05) is 14.1 Å². The van der Waals surface area contributed by atoms with Crippen LogP contribution in [0.2, 0.25) is 0 Å². The number of hydrogen-bond acceptors (Lipinski definition) is 1. The van der Waals surface area contributed by atoms with Crippen LogP contribution < -0.4 is 0 Å².